The number of rotatable bonds is 38. The quantitative estimate of drug-likeness (QED) is 0.00652. The Morgan fingerprint density at radius 2 is 1.16 bits per heavy atom. The molecule has 5 aliphatic rings. The van der Waals surface area contributed by atoms with E-state index in [1.807, 2.05) is 78.5 Å². The molecule has 0 radical (unpaired) electrons. The Bertz CT molecular complexity index is 4830. The zero-order chi connectivity index (χ0) is 89.7. The molecule has 0 aliphatic carbocycles. The fraction of sp³-hybridized carbons (Fsp3) is 0.435. The number of anilines is 3. The highest BCUT2D eigenvalue weighted by molar-refractivity contribution is 8.00. The molecule has 0 saturated carbocycles. The molecule has 35 heteroatoms. The van der Waals surface area contributed by atoms with E-state index in [0.717, 1.165) is 47.5 Å². The van der Waals surface area contributed by atoms with Gasteiger partial charge in [0.2, 0.25) is 42.1 Å². The predicted octanol–water partition coefficient (Wildman–Crippen LogP) is 3.88. The van der Waals surface area contributed by atoms with E-state index in [2.05, 4.69) is 76.4 Å². The van der Waals surface area contributed by atoms with E-state index in [9.17, 15) is 69.6 Å². The third-order valence-corrected chi connectivity index (χ3v) is 24.2. The third-order valence-electron chi connectivity index (χ3n) is 22.5. The van der Waals surface area contributed by atoms with Gasteiger partial charge < -0.3 is 118 Å². The van der Waals surface area contributed by atoms with Crippen molar-refractivity contribution in [2.45, 2.75) is 206 Å². The lowest BCUT2D eigenvalue weighted by atomic mass is 9.97. The summed E-state index contributed by atoms with van der Waals surface area (Å²) >= 11 is 7.63. The van der Waals surface area contributed by atoms with Crippen LogP contribution < -0.4 is 63.1 Å². The van der Waals surface area contributed by atoms with Crippen LogP contribution in [0.5, 0.6) is 11.5 Å². The number of thiocarbonyl (C=S) groups is 1. The molecule has 5 saturated heterocycles. The Balaban J connectivity index is 0.634. The van der Waals surface area contributed by atoms with Gasteiger partial charge in [-0.2, -0.15) is 11.8 Å². The second-order valence-corrected chi connectivity index (χ2v) is 33.7. The van der Waals surface area contributed by atoms with Crippen molar-refractivity contribution >= 4 is 87.7 Å². The SMILES string of the molecule is N=C(N)NCCCC(NC(=O)C1CCCCN1C(=O)C(Cc1ccccc1)NC(=O)CCCCCNC(=O)CCCCC1SCC2NC(=O)NC21)C(=O)Nc1ccc(NC(=S)Nc2ccc(CCN(Cc3cc(C#Cc4ccc(OC5O[C@@H](CO)[C@H](O)[C@@H](O)[C@@H]5O)cc4)ccn3)Cc3cc(C#Cc4ccc(OC5O[C@H](CO)[C@@H](O)[C@H](O)[C@H]5O)cc4)ccn3)cc2)cc1. The number of urea groups is 1. The first-order valence-electron chi connectivity index (χ1n) is 42.8. The van der Waals surface area contributed by atoms with Crippen LogP contribution in [-0.4, -0.2) is 249 Å². The van der Waals surface area contributed by atoms with Crippen molar-refractivity contribution < 1.29 is 88.6 Å². The highest BCUT2D eigenvalue weighted by Gasteiger charge is 2.47. The maximum Gasteiger partial charge on any atom is 0.315 e. The van der Waals surface area contributed by atoms with Crippen LogP contribution >= 0.6 is 24.0 Å². The predicted molar refractivity (Wildman–Crippen MR) is 479 cm³/mol. The van der Waals surface area contributed by atoms with E-state index >= 15 is 0 Å². The Kier molecular flexibility index (Phi) is 35.4. The van der Waals surface area contributed by atoms with Gasteiger partial charge in [-0.1, -0.05) is 79.0 Å². The summed E-state index contributed by atoms with van der Waals surface area (Å²) in [5.74, 6) is 12.2. The Morgan fingerprint density at radius 3 is 1.74 bits per heavy atom. The number of unbranched alkanes of at least 4 members (excludes halogenated alkanes) is 3. The van der Waals surface area contributed by atoms with Crippen molar-refractivity contribution in [1.82, 2.24) is 51.7 Å². The van der Waals surface area contributed by atoms with E-state index in [-0.39, 0.29) is 73.4 Å². The summed E-state index contributed by atoms with van der Waals surface area (Å²) in [6.07, 6.45) is -3.01. The van der Waals surface area contributed by atoms with Crippen molar-refractivity contribution in [3.05, 3.63) is 209 Å². The fourth-order valence-electron chi connectivity index (χ4n) is 15.5. The molecular formula is C92H111N15O18S2. The zero-order valence-corrected chi connectivity index (χ0v) is 71.8. The number of thioether (sulfide) groups is 1. The summed E-state index contributed by atoms with van der Waals surface area (Å²) in [6.45, 7) is 1.16. The molecular weight excluding hydrogens is 1670 g/mol. The highest BCUT2D eigenvalue weighted by Crippen LogP contribution is 2.34. The van der Waals surface area contributed by atoms with Crippen LogP contribution in [0.25, 0.3) is 0 Å². The first kappa shape index (κ1) is 94.7. The first-order chi connectivity index (χ1) is 61.5. The average Bonchev–Trinajstić information content (AvgIpc) is 1.78. The molecule has 20 N–H and O–H groups in total. The van der Waals surface area contributed by atoms with Crippen LogP contribution in [0.1, 0.15) is 128 Å². The molecule has 7 aromatic rings. The molecule has 5 aromatic carbocycles. The second kappa shape index (κ2) is 47.4. The van der Waals surface area contributed by atoms with Crippen LogP contribution in [0.3, 0.4) is 0 Å². The van der Waals surface area contributed by atoms with Gasteiger partial charge in [0.1, 0.15) is 78.5 Å². The molecule has 12 rings (SSSR count). The average molecular weight is 1780 g/mol. The number of amides is 7. The fourth-order valence-corrected chi connectivity index (χ4v) is 17.3. The molecule has 0 spiro atoms. The number of nitrogens with one attached hydrogen (secondary N) is 10. The van der Waals surface area contributed by atoms with Gasteiger partial charge in [-0.25, -0.2) is 4.79 Å². The van der Waals surface area contributed by atoms with Gasteiger partial charge in [0.25, 0.3) is 0 Å². The monoisotopic (exact) mass is 1780 g/mol. The Labute approximate surface area is 746 Å². The van der Waals surface area contributed by atoms with Crippen LogP contribution in [0.15, 0.2) is 164 Å². The maximum absolute atomic E-state index is 14.8. The van der Waals surface area contributed by atoms with E-state index in [0.29, 0.717) is 140 Å². The summed E-state index contributed by atoms with van der Waals surface area (Å²) in [4.78, 5) is 95.0. The lowest BCUT2D eigenvalue weighted by molar-refractivity contribution is -0.277. The maximum atomic E-state index is 14.8. The van der Waals surface area contributed by atoms with Crippen molar-refractivity contribution in [1.29, 1.82) is 5.41 Å². The number of ether oxygens (including phenoxy) is 4. The van der Waals surface area contributed by atoms with Crippen LogP contribution in [-0.2, 0) is 59.4 Å². The third kappa shape index (κ3) is 28.3. The molecule has 5 fully saturated rings. The number of aliphatic hydroxyl groups excluding tert-OH is 8. The van der Waals surface area contributed by atoms with E-state index < -0.39 is 110 Å². The van der Waals surface area contributed by atoms with Crippen molar-refractivity contribution in [3.63, 3.8) is 0 Å². The first-order valence-corrected chi connectivity index (χ1v) is 44.3. The minimum atomic E-state index is -1.59. The number of hydrogen-bond donors (Lipinski definition) is 19. The number of pyridine rings is 2. The number of likely N-dealkylation sites (tertiary alicyclic amines) is 1. The number of aromatic nitrogens is 2. The number of carbonyl (C=O) groups excluding carboxylic acids is 6. The van der Waals surface area contributed by atoms with Gasteiger partial charge in [0, 0.05) is 121 Å². The number of fused-ring (bicyclic) bond motifs is 1. The number of carbonyl (C=O) groups is 6. The second-order valence-electron chi connectivity index (χ2n) is 32.0. The molecule has 674 valence electrons. The van der Waals surface area contributed by atoms with Crippen molar-refractivity contribution in [2.24, 2.45) is 5.73 Å². The van der Waals surface area contributed by atoms with Gasteiger partial charge in [0.05, 0.1) is 36.7 Å². The van der Waals surface area contributed by atoms with Crippen molar-refractivity contribution in [2.75, 3.05) is 61.1 Å². The molecule has 0 bridgehead atoms. The molecule has 7 heterocycles. The smallest absolute Gasteiger partial charge is 0.315 e. The minimum Gasteiger partial charge on any atom is -0.462 e. The van der Waals surface area contributed by atoms with Gasteiger partial charge in [-0.3, -0.25) is 44.2 Å². The molecule has 16 atom stereocenters. The number of nitrogens with zero attached hydrogens (tertiary/aromatic N) is 4. The Hall–Kier alpha value is -11.4. The zero-order valence-electron chi connectivity index (χ0n) is 70.1. The number of hydrogen-bond acceptors (Lipinski definition) is 24. The molecule has 5 aliphatic heterocycles. The summed E-state index contributed by atoms with van der Waals surface area (Å²) in [5, 5.41) is 116. The van der Waals surface area contributed by atoms with E-state index in [4.69, 9.17) is 52.3 Å². The van der Waals surface area contributed by atoms with Gasteiger partial charge in [0.15, 0.2) is 11.1 Å². The number of nitrogens with two attached hydrogens (primary N) is 1. The molecule has 7 amide bonds. The molecule has 2 aromatic heterocycles. The van der Waals surface area contributed by atoms with Gasteiger partial charge >= 0.3 is 6.03 Å². The van der Waals surface area contributed by atoms with Crippen LogP contribution in [0.2, 0.25) is 0 Å². The van der Waals surface area contributed by atoms with E-state index in [1.54, 1.807) is 97.3 Å². The Morgan fingerprint density at radius 1 is 0.606 bits per heavy atom. The molecule has 127 heavy (non-hydrogen) atoms. The largest absolute Gasteiger partial charge is 0.462 e. The highest BCUT2D eigenvalue weighted by atomic mass is 32.2. The van der Waals surface area contributed by atoms with Gasteiger partial charge in [-0.15, -0.1) is 0 Å². The number of aliphatic hydroxyl groups is 8. The summed E-state index contributed by atoms with van der Waals surface area (Å²) < 4.78 is 22.5. The standard InChI is InChI=1S/C92H111N15O18S2/c93-90(94)98-43-11-14-69(103-86(119)72-15-8-10-46-107(72)87(120)70(50-59-12-3-1-4-13-59)102-77(111)18-5-2-9-42-97-76(110)17-7-6-16-75-78-71(55-127-75)104-91(121)105-78)85(118)99-62-31-33-64(34-32-62)101-92(126)100-63-29-23-58(24-30-63)41-47-106(51-65-48-60(39-44-95-65)21-19-56-25-35-67(36-26-56)122-88-83(116)81(114)79(112)73(53-108)124-88)52-66-49-61(40-45-96-66)22-20-57-27-37-68(38-28-57)123-89-84(117)82(115)80(113)74(54-109)125-89/h1,3-4,12-13,23-40,44-45,48-49,69-75,78-84,88-89,108-109,112-117H,2,5-11,14-18,41-43,46-47,50-55H2,(H,97,110)(H,99,118)(H,102,111)(H,103,119)(H4,93,94,98)(H2,100,101,126)(H2,104,105,121)/t69?,70?,71?,72?,73-,74+,75?,78?,79-,80+,81+,82-,83-,84+,88?,89?. The summed E-state index contributed by atoms with van der Waals surface area (Å²) in [5.41, 5.74) is 13.3. The summed E-state index contributed by atoms with van der Waals surface area (Å²) in [6, 6.07) is 42.0. The summed E-state index contributed by atoms with van der Waals surface area (Å²) in [7, 11) is 0. The number of guanidine groups is 1. The van der Waals surface area contributed by atoms with Gasteiger partial charge in [-0.05, 0) is 197 Å². The van der Waals surface area contributed by atoms with Crippen molar-refractivity contribution in [3.8, 4) is 35.2 Å². The van der Waals surface area contributed by atoms with E-state index in [1.165, 1.54) is 4.90 Å². The topological polar surface area (TPSA) is 492 Å². The molecule has 8 unspecified atom stereocenters. The molecule has 33 nitrogen and oxygen atoms in total. The normalized spacial score (nSPS) is 22.8. The van der Waals surface area contributed by atoms with Crippen LogP contribution in [0.4, 0.5) is 21.9 Å². The lowest BCUT2D eigenvalue weighted by Gasteiger charge is -2.39. The lowest BCUT2D eigenvalue weighted by Crippen LogP contribution is -2.60. The number of piperidine rings is 1. The van der Waals surface area contributed by atoms with Crippen LogP contribution in [0, 0.1) is 29.1 Å². The minimum absolute atomic E-state index is 0.0179. The number of benzene rings is 5.